The molecule has 0 bridgehead atoms. The smallest absolute Gasteiger partial charge is 0.326 e. The minimum Gasteiger partial charge on any atom is -0.508 e. The van der Waals surface area contributed by atoms with Crippen LogP contribution in [-0.2, 0) is 16.0 Å². The van der Waals surface area contributed by atoms with Crippen LogP contribution in [0.15, 0.2) is 24.3 Å². The lowest BCUT2D eigenvalue weighted by molar-refractivity contribution is -0.148. The molecule has 1 aliphatic heterocycles. The number of carbonyl (C=O) groups is 2. The van der Waals surface area contributed by atoms with Crippen LogP contribution in [0.3, 0.4) is 0 Å². The summed E-state index contributed by atoms with van der Waals surface area (Å²) in [7, 11) is 0. The van der Waals surface area contributed by atoms with E-state index in [2.05, 4.69) is 0 Å². The summed E-state index contributed by atoms with van der Waals surface area (Å²) in [6, 6.07) is 5.44. The van der Waals surface area contributed by atoms with Crippen molar-refractivity contribution in [1.82, 2.24) is 4.90 Å². The van der Waals surface area contributed by atoms with Gasteiger partial charge in [-0.1, -0.05) is 12.1 Å². The van der Waals surface area contributed by atoms with Crippen LogP contribution in [0.1, 0.15) is 12.0 Å². The number of likely N-dealkylation sites (tertiary alicyclic amines) is 1. The zero-order valence-corrected chi connectivity index (χ0v) is 11.0. The number of carboxylic acid groups (broad SMARTS) is 1. The zero-order valence-electron chi connectivity index (χ0n) is 11.0. The van der Waals surface area contributed by atoms with Crippen molar-refractivity contribution in [2.45, 2.75) is 18.9 Å². The highest BCUT2D eigenvalue weighted by Crippen LogP contribution is 2.22. The molecule has 0 radical (unpaired) electrons. The van der Waals surface area contributed by atoms with E-state index in [1.165, 1.54) is 17.0 Å². The number of phenolic OH excluding ortho intramolecular Hbond substituents is 1. The van der Waals surface area contributed by atoms with Crippen molar-refractivity contribution in [2.24, 2.45) is 11.7 Å². The van der Waals surface area contributed by atoms with E-state index in [1.807, 2.05) is 0 Å². The fraction of sp³-hybridized carbons (Fsp3) is 0.429. The van der Waals surface area contributed by atoms with Gasteiger partial charge < -0.3 is 20.8 Å². The molecule has 0 spiro atoms. The Morgan fingerprint density at radius 3 is 2.55 bits per heavy atom. The van der Waals surface area contributed by atoms with Gasteiger partial charge in [0.1, 0.15) is 11.8 Å². The molecule has 4 N–H and O–H groups in total. The molecule has 1 amide bonds. The number of phenols is 1. The van der Waals surface area contributed by atoms with E-state index >= 15 is 0 Å². The number of nitrogens with two attached hydrogens (primary N) is 1. The van der Waals surface area contributed by atoms with Gasteiger partial charge in [-0.05, 0) is 30.2 Å². The lowest BCUT2D eigenvalue weighted by atomic mass is 10.0. The fourth-order valence-corrected chi connectivity index (χ4v) is 2.45. The fourth-order valence-electron chi connectivity index (χ4n) is 2.45. The molecular weight excluding hydrogens is 260 g/mol. The normalized spacial score (nSPS) is 20.1. The molecule has 6 heteroatoms. The minimum atomic E-state index is -1.02. The monoisotopic (exact) mass is 278 g/mol. The van der Waals surface area contributed by atoms with E-state index in [1.54, 1.807) is 12.1 Å². The number of carbonyl (C=O) groups excluding carboxylic acids is 1. The standard InChI is InChI=1S/C14H18N2O4/c15-7-10-6-13(18)16(8-10)12(14(19)20)5-9-1-3-11(17)4-2-9/h1-4,10,12,17H,5-8,15H2,(H,19,20)/t10?,12-/m1/s1. The third kappa shape index (κ3) is 3.08. The number of aromatic hydroxyl groups is 1. The van der Waals surface area contributed by atoms with Gasteiger partial charge in [0, 0.05) is 19.4 Å². The number of amides is 1. The summed E-state index contributed by atoms with van der Waals surface area (Å²) in [5.74, 6) is -1.03. The molecule has 1 saturated heterocycles. The summed E-state index contributed by atoms with van der Waals surface area (Å²) < 4.78 is 0. The number of nitrogens with zero attached hydrogens (tertiary/aromatic N) is 1. The summed E-state index contributed by atoms with van der Waals surface area (Å²) in [4.78, 5) is 24.7. The Labute approximate surface area is 116 Å². The van der Waals surface area contributed by atoms with Crippen LogP contribution in [0.25, 0.3) is 0 Å². The van der Waals surface area contributed by atoms with Gasteiger partial charge in [-0.15, -0.1) is 0 Å². The van der Waals surface area contributed by atoms with Gasteiger partial charge >= 0.3 is 5.97 Å². The predicted molar refractivity (Wildman–Crippen MR) is 72.1 cm³/mol. The molecule has 0 aromatic heterocycles. The van der Waals surface area contributed by atoms with E-state index in [-0.39, 0.29) is 24.0 Å². The molecule has 2 atom stereocenters. The summed E-state index contributed by atoms with van der Waals surface area (Å²) in [5, 5.41) is 18.6. The largest absolute Gasteiger partial charge is 0.508 e. The van der Waals surface area contributed by atoms with Gasteiger partial charge in [-0.25, -0.2) is 4.79 Å². The molecule has 1 heterocycles. The highest BCUT2D eigenvalue weighted by atomic mass is 16.4. The van der Waals surface area contributed by atoms with E-state index in [0.29, 0.717) is 19.5 Å². The maximum absolute atomic E-state index is 11.9. The Morgan fingerprint density at radius 1 is 1.40 bits per heavy atom. The van der Waals surface area contributed by atoms with Crippen LogP contribution in [0, 0.1) is 5.92 Å². The van der Waals surface area contributed by atoms with Crippen LogP contribution in [0.5, 0.6) is 5.75 Å². The van der Waals surface area contributed by atoms with Gasteiger partial charge in [0.05, 0.1) is 0 Å². The highest BCUT2D eigenvalue weighted by molar-refractivity contribution is 5.85. The predicted octanol–water partition coefficient (Wildman–Crippen LogP) is 0.195. The first kappa shape index (κ1) is 14.3. The van der Waals surface area contributed by atoms with Crippen LogP contribution in [0.4, 0.5) is 0 Å². The Morgan fingerprint density at radius 2 is 2.05 bits per heavy atom. The second kappa shape index (κ2) is 5.92. The number of hydrogen-bond donors (Lipinski definition) is 3. The van der Waals surface area contributed by atoms with Crippen LogP contribution >= 0.6 is 0 Å². The summed E-state index contributed by atoms with van der Waals surface area (Å²) >= 11 is 0. The molecule has 20 heavy (non-hydrogen) atoms. The van der Waals surface area contributed by atoms with Gasteiger partial charge in [0.15, 0.2) is 0 Å². The van der Waals surface area contributed by atoms with E-state index in [0.717, 1.165) is 5.56 Å². The van der Waals surface area contributed by atoms with Crippen LogP contribution in [-0.4, -0.2) is 46.1 Å². The molecule has 1 fully saturated rings. The summed E-state index contributed by atoms with van der Waals surface area (Å²) in [6.07, 6.45) is 0.536. The van der Waals surface area contributed by atoms with Crippen molar-refractivity contribution in [2.75, 3.05) is 13.1 Å². The van der Waals surface area contributed by atoms with Gasteiger partial charge in [0.2, 0.25) is 5.91 Å². The molecule has 1 aromatic carbocycles. The van der Waals surface area contributed by atoms with Gasteiger partial charge in [0.25, 0.3) is 0 Å². The summed E-state index contributed by atoms with van der Waals surface area (Å²) in [5.41, 5.74) is 6.31. The Hall–Kier alpha value is -2.08. The first-order valence-electron chi connectivity index (χ1n) is 6.51. The van der Waals surface area contributed by atoms with E-state index in [9.17, 15) is 19.8 Å². The van der Waals surface area contributed by atoms with Crippen LogP contribution in [0.2, 0.25) is 0 Å². The molecule has 0 aliphatic carbocycles. The molecule has 2 rings (SSSR count). The van der Waals surface area contributed by atoms with Crippen molar-refractivity contribution in [3.05, 3.63) is 29.8 Å². The Bertz CT molecular complexity index is 500. The van der Waals surface area contributed by atoms with Crippen molar-refractivity contribution in [3.63, 3.8) is 0 Å². The summed E-state index contributed by atoms with van der Waals surface area (Å²) in [6.45, 7) is 0.776. The van der Waals surface area contributed by atoms with Gasteiger partial charge in [-0.2, -0.15) is 0 Å². The van der Waals surface area contributed by atoms with Crippen molar-refractivity contribution in [3.8, 4) is 5.75 Å². The molecule has 6 nitrogen and oxygen atoms in total. The number of rotatable bonds is 5. The molecule has 0 saturated carbocycles. The van der Waals surface area contributed by atoms with Crippen molar-refractivity contribution >= 4 is 11.9 Å². The topological polar surface area (TPSA) is 104 Å². The van der Waals surface area contributed by atoms with Gasteiger partial charge in [-0.3, -0.25) is 4.79 Å². The average molecular weight is 278 g/mol. The maximum Gasteiger partial charge on any atom is 0.326 e. The molecule has 1 unspecified atom stereocenters. The zero-order chi connectivity index (χ0) is 14.7. The Kier molecular flexibility index (Phi) is 4.24. The number of benzene rings is 1. The first-order valence-corrected chi connectivity index (χ1v) is 6.51. The number of aliphatic carboxylic acids is 1. The number of carboxylic acids is 1. The van der Waals surface area contributed by atoms with E-state index < -0.39 is 12.0 Å². The highest BCUT2D eigenvalue weighted by Gasteiger charge is 2.37. The van der Waals surface area contributed by atoms with E-state index in [4.69, 9.17) is 5.73 Å². The van der Waals surface area contributed by atoms with Crippen molar-refractivity contribution in [1.29, 1.82) is 0 Å². The second-order valence-corrected chi connectivity index (χ2v) is 5.08. The average Bonchev–Trinajstić information content (AvgIpc) is 2.79. The second-order valence-electron chi connectivity index (χ2n) is 5.08. The van der Waals surface area contributed by atoms with Crippen molar-refractivity contribution < 1.29 is 19.8 Å². The molecular formula is C14H18N2O4. The molecule has 108 valence electrons. The lowest BCUT2D eigenvalue weighted by Gasteiger charge is -2.24. The maximum atomic E-state index is 11.9. The first-order chi connectivity index (χ1) is 9.51. The SMILES string of the molecule is NCC1CC(=O)N([C@H](Cc2ccc(O)cc2)C(=O)O)C1. The number of hydrogen-bond acceptors (Lipinski definition) is 4. The third-order valence-corrected chi connectivity index (χ3v) is 3.60. The third-order valence-electron chi connectivity index (χ3n) is 3.60. The minimum absolute atomic E-state index is 0.0316. The van der Waals surface area contributed by atoms with Crippen LogP contribution < -0.4 is 5.73 Å². The Balaban J connectivity index is 2.13. The molecule has 1 aromatic rings. The lowest BCUT2D eigenvalue weighted by Crippen LogP contribution is -2.44. The molecule has 1 aliphatic rings. The quantitative estimate of drug-likeness (QED) is 0.713.